The van der Waals surface area contributed by atoms with Gasteiger partial charge in [-0.3, -0.25) is 0 Å². The number of ether oxygens (including phenoxy) is 3. The molecule has 1 saturated heterocycles. The molecule has 0 aromatic rings. The number of piperidine rings is 1. The van der Waals surface area contributed by atoms with Crippen LogP contribution in [-0.2, 0) is 14.2 Å². The summed E-state index contributed by atoms with van der Waals surface area (Å²) in [4.78, 5) is 12.2. The second-order valence-corrected chi connectivity index (χ2v) is 3.64. The lowest BCUT2D eigenvalue weighted by Gasteiger charge is -2.44. The van der Waals surface area contributed by atoms with E-state index in [1.807, 2.05) is 6.92 Å². The van der Waals surface area contributed by atoms with Gasteiger partial charge in [-0.15, -0.1) is 0 Å². The fourth-order valence-corrected chi connectivity index (χ4v) is 1.99. The number of rotatable bonds is 4. The van der Waals surface area contributed by atoms with E-state index in [0.29, 0.717) is 19.6 Å². The Hall–Kier alpha value is -0.850. The van der Waals surface area contributed by atoms with Crippen molar-refractivity contribution in [3.63, 3.8) is 0 Å². The maximum absolute atomic E-state index is 10.9. The van der Waals surface area contributed by atoms with E-state index in [0.717, 1.165) is 0 Å². The standard InChI is InChI=1S/C10H19NO5/c1-4-16-8-7-11(9(12)13)6-5-10(8,14-2)15-3/h8H,4-7H2,1-3H3,(H,12,13). The van der Waals surface area contributed by atoms with E-state index in [-0.39, 0.29) is 6.54 Å². The highest BCUT2D eigenvalue weighted by molar-refractivity contribution is 5.65. The van der Waals surface area contributed by atoms with E-state index in [1.165, 1.54) is 4.90 Å². The van der Waals surface area contributed by atoms with Crippen LogP contribution in [-0.4, -0.2) is 61.9 Å². The van der Waals surface area contributed by atoms with Gasteiger partial charge >= 0.3 is 6.09 Å². The van der Waals surface area contributed by atoms with Crippen LogP contribution in [0.4, 0.5) is 4.79 Å². The van der Waals surface area contributed by atoms with Gasteiger partial charge in [-0.25, -0.2) is 4.79 Å². The summed E-state index contributed by atoms with van der Waals surface area (Å²) in [6.07, 6.45) is -0.861. The van der Waals surface area contributed by atoms with Crippen molar-refractivity contribution in [2.75, 3.05) is 33.9 Å². The van der Waals surface area contributed by atoms with Gasteiger partial charge in [-0.05, 0) is 6.92 Å². The average molecular weight is 233 g/mol. The van der Waals surface area contributed by atoms with Crippen molar-refractivity contribution >= 4 is 6.09 Å². The van der Waals surface area contributed by atoms with Crippen molar-refractivity contribution < 1.29 is 24.1 Å². The number of methoxy groups -OCH3 is 2. The van der Waals surface area contributed by atoms with Crippen LogP contribution in [0.3, 0.4) is 0 Å². The average Bonchev–Trinajstić information content (AvgIpc) is 2.29. The summed E-state index contributed by atoms with van der Waals surface area (Å²) >= 11 is 0. The topological polar surface area (TPSA) is 68.2 Å². The molecule has 1 unspecified atom stereocenters. The highest BCUT2D eigenvalue weighted by Gasteiger charge is 2.45. The van der Waals surface area contributed by atoms with Gasteiger partial charge in [0.05, 0.1) is 6.54 Å². The zero-order valence-electron chi connectivity index (χ0n) is 9.93. The lowest BCUT2D eigenvalue weighted by Crippen LogP contribution is -2.59. The molecule has 1 heterocycles. The summed E-state index contributed by atoms with van der Waals surface area (Å²) in [5.74, 6) is -0.831. The van der Waals surface area contributed by atoms with Crippen molar-refractivity contribution in [3.05, 3.63) is 0 Å². The zero-order valence-corrected chi connectivity index (χ0v) is 9.93. The Bertz CT molecular complexity index is 241. The number of hydrogen-bond donors (Lipinski definition) is 1. The van der Waals surface area contributed by atoms with Gasteiger partial charge in [0.2, 0.25) is 0 Å². The van der Waals surface area contributed by atoms with Crippen molar-refractivity contribution in [2.45, 2.75) is 25.2 Å². The summed E-state index contributed by atoms with van der Waals surface area (Å²) in [6, 6.07) is 0. The predicted octanol–water partition coefficient (Wildman–Crippen LogP) is 0.764. The molecule has 0 aromatic carbocycles. The molecule has 6 nitrogen and oxygen atoms in total. The second-order valence-electron chi connectivity index (χ2n) is 3.64. The van der Waals surface area contributed by atoms with E-state index in [2.05, 4.69) is 0 Å². The Morgan fingerprint density at radius 2 is 2.12 bits per heavy atom. The third-order valence-electron chi connectivity index (χ3n) is 2.94. The van der Waals surface area contributed by atoms with Gasteiger partial charge < -0.3 is 24.2 Å². The van der Waals surface area contributed by atoms with Crippen LogP contribution in [0.5, 0.6) is 0 Å². The maximum Gasteiger partial charge on any atom is 0.407 e. The molecule has 0 spiro atoms. The van der Waals surface area contributed by atoms with Crippen LogP contribution in [0, 0.1) is 0 Å². The lowest BCUT2D eigenvalue weighted by atomic mass is 10.0. The Morgan fingerprint density at radius 1 is 1.50 bits per heavy atom. The summed E-state index contributed by atoms with van der Waals surface area (Å²) in [7, 11) is 3.10. The zero-order chi connectivity index (χ0) is 12.2. The minimum Gasteiger partial charge on any atom is -0.465 e. The van der Waals surface area contributed by atoms with E-state index in [4.69, 9.17) is 19.3 Å². The van der Waals surface area contributed by atoms with E-state index >= 15 is 0 Å². The lowest BCUT2D eigenvalue weighted by molar-refractivity contribution is -0.285. The molecule has 0 radical (unpaired) electrons. The van der Waals surface area contributed by atoms with Gasteiger partial charge in [-0.2, -0.15) is 0 Å². The summed E-state index contributed by atoms with van der Waals surface area (Å²) in [6.45, 7) is 3.01. The first kappa shape index (κ1) is 13.2. The molecular weight excluding hydrogens is 214 g/mol. The molecule has 94 valence electrons. The first-order valence-corrected chi connectivity index (χ1v) is 5.29. The number of carbonyl (C=O) groups is 1. The number of carboxylic acid groups (broad SMARTS) is 1. The normalized spacial score (nSPS) is 24.4. The van der Waals surface area contributed by atoms with Gasteiger partial charge in [0.1, 0.15) is 6.10 Å². The molecule has 0 aromatic heterocycles. The molecule has 6 heteroatoms. The Kier molecular flexibility index (Phi) is 4.52. The second kappa shape index (κ2) is 5.47. The molecule has 1 aliphatic rings. The SMILES string of the molecule is CCOC1CN(C(=O)O)CCC1(OC)OC. The van der Waals surface area contributed by atoms with Crippen LogP contribution in [0.2, 0.25) is 0 Å². The summed E-state index contributed by atoms with van der Waals surface area (Å²) < 4.78 is 16.2. The van der Waals surface area contributed by atoms with Gasteiger partial charge in [0, 0.05) is 33.8 Å². The monoisotopic (exact) mass is 233 g/mol. The van der Waals surface area contributed by atoms with E-state index < -0.39 is 18.0 Å². The van der Waals surface area contributed by atoms with Crippen molar-refractivity contribution in [1.82, 2.24) is 4.90 Å². The molecule has 1 fully saturated rings. The predicted molar refractivity (Wildman–Crippen MR) is 56.4 cm³/mol. The van der Waals surface area contributed by atoms with Gasteiger partial charge in [0.25, 0.3) is 0 Å². The highest BCUT2D eigenvalue weighted by atomic mass is 16.7. The fraction of sp³-hybridized carbons (Fsp3) is 0.900. The minimum atomic E-state index is -0.939. The Labute approximate surface area is 95.1 Å². The first-order chi connectivity index (χ1) is 7.59. The molecule has 1 aliphatic heterocycles. The quantitative estimate of drug-likeness (QED) is 0.726. The molecule has 1 rings (SSSR count). The molecular formula is C10H19NO5. The molecule has 0 aliphatic carbocycles. The summed E-state index contributed by atoms with van der Waals surface area (Å²) in [5.41, 5.74) is 0. The van der Waals surface area contributed by atoms with Crippen molar-refractivity contribution in [1.29, 1.82) is 0 Å². The third kappa shape index (κ3) is 2.45. The van der Waals surface area contributed by atoms with Gasteiger partial charge in [-0.1, -0.05) is 0 Å². The van der Waals surface area contributed by atoms with Crippen LogP contribution in [0.25, 0.3) is 0 Å². The highest BCUT2D eigenvalue weighted by Crippen LogP contribution is 2.29. The van der Waals surface area contributed by atoms with E-state index in [9.17, 15) is 4.79 Å². The third-order valence-corrected chi connectivity index (χ3v) is 2.94. The number of likely N-dealkylation sites (tertiary alicyclic amines) is 1. The molecule has 1 atom stereocenters. The molecule has 1 N–H and O–H groups in total. The number of nitrogens with zero attached hydrogens (tertiary/aromatic N) is 1. The first-order valence-electron chi connectivity index (χ1n) is 5.29. The molecule has 1 amide bonds. The molecule has 0 saturated carbocycles. The van der Waals surface area contributed by atoms with Crippen molar-refractivity contribution in [2.24, 2.45) is 0 Å². The molecule has 16 heavy (non-hydrogen) atoms. The number of amides is 1. The molecule has 0 bridgehead atoms. The Morgan fingerprint density at radius 3 is 2.56 bits per heavy atom. The fourth-order valence-electron chi connectivity index (χ4n) is 1.99. The number of hydrogen-bond acceptors (Lipinski definition) is 4. The van der Waals surface area contributed by atoms with Crippen LogP contribution >= 0.6 is 0 Å². The van der Waals surface area contributed by atoms with Gasteiger partial charge in [0.15, 0.2) is 5.79 Å². The largest absolute Gasteiger partial charge is 0.465 e. The summed E-state index contributed by atoms with van der Waals surface area (Å²) in [5, 5.41) is 8.93. The maximum atomic E-state index is 10.9. The van der Waals surface area contributed by atoms with Crippen molar-refractivity contribution in [3.8, 4) is 0 Å². The Balaban J connectivity index is 2.77. The minimum absolute atomic E-state index is 0.269. The van der Waals surface area contributed by atoms with Crippen LogP contribution < -0.4 is 0 Å². The van der Waals surface area contributed by atoms with Crippen LogP contribution in [0.1, 0.15) is 13.3 Å². The van der Waals surface area contributed by atoms with E-state index in [1.54, 1.807) is 14.2 Å². The van der Waals surface area contributed by atoms with Crippen LogP contribution in [0.15, 0.2) is 0 Å². The smallest absolute Gasteiger partial charge is 0.407 e.